The fourth-order valence-electron chi connectivity index (χ4n) is 4.93. The van der Waals surface area contributed by atoms with Crippen molar-refractivity contribution >= 4 is 52.7 Å². The van der Waals surface area contributed by atoms with Crippen molar-refractivity contribution in [2.45, 2.75) is 49.1 Å². The summed E-state index contributed by atoms with van der Waals surface area (Å²) in [5, 5.41) is 42.1. The van der Waals surface area contributed by atoms with Crippen LogP contribution in [0.25, 0.3) is 22.3 Å². The second-order valence-electron chi connectivity index (χ2n) is 9.67. The topological polar surface area (TPSA) is 317 Å². The van der Waals surface area contributed by atoms with Crippen molar-refractivity contribution in [3.8, 4) is 0 Å². The third-order valence-corrected chi connectivity index (χ3v) is 8.49. The molecule has 2 saturated heterocycles. The highest BCUT2D eigenvalue weighted by atomic mass is 32.5. The van der Waals surface area contributed by atoms with Crippen LogP contribution >= 0.6 is 6.72 Å². The number of nitrogens with two attached hydrogens (primary N) is 2. The number of rotatable bonds is 8. The fourth-order valence-corrected chi connectivity index (χ4v) is 6.38. The molecule has 6 heterocycles. The number of nitrogens with one attached hydrogen (secondary N) is 2. The van der Waals surface area contributed by atoms with E-state index in [2.05, 4.69) is 29.9 Å². The molecule has 4 aromatic rings. The van der Waals surface area contributed by atoms with Crippen molar-refractivity contribution < 1.29 is 43.8 Å². The number of H-pyrrole nitrogens is 2. The van der Waals surface area contributed by atoms with E-state index in [0.717, 1.165) is 0 Å². The Morgan fingerprint density at radius 3 is 1.95 bits per heavy atom. The van der Waals surface area contributed by atoms with Gasteiger partial charge in [-0.2, -0.15) is 9.97 Å². The summed E-state index contributed by atoms with van der Waals surface area (Å²) in [7, 11) is 0. The number of nitrogen functional groups attached to an aromatic ring is 2. The van der Waals surface area contributed by atoms with Gasteiger partial charge in [0.2, 0.25) is 11.9 Å². The van der Waals surface area contributed by atoms with E-state index in [1.165, 1.54) is 21.8 Å². The molecule has 4 aromatic heterocycles. The van der Waals surface area contributed by atoms with Crippen LogP contribution in [0.2, 0.25) is 0 Å². The van der Waals surface area contributed by atoms with Gasteiger partial charge in [-0.15, -0.1) is 0 Å². The SMILES string of the molecule is Nc1nc2c(ncn2[C@@H]2O[C@H](CO)C(OP(O)(=S)OC[C@H]3O[C@@H](n4cnc5c(=O)[nH]c(N)nc54)[C@H](O)[C@@H]3O)C2O)c(=O)[nH]1. The minimum absolute atomic E-state index is 0.0114. The monoisotopic (exact) mass is 644 g/mol. The Balaban J connectivity index is 1.15. The predicted molar refractivity (Wildman–Crippen MR) is 145 cm³/mol. The van der Waals surface area contributed by atoms with E-state index in [-0.39, 0.29) is 34.2 Å². The molecule has 11 N–H and O–H groups in total. The van der Waals surface area contributed by atoms with Crippen LogP contribution in [-0.2, 0) is 30.3 Å². The van der Waals surface area contributed by atoms with Crippen molar-refractivity contribution in [3.63, 3.8) is 0 Å². The maximum Gasteiger partial charge on any atom is 0.325 e. The first-order valence-corrected chi connectivity index (χ1v) is 15.0. The standard InChI is InChI=1S/C20H25N10O11PS/c21-19-25-13-7(15(35)27-19)23-3-29(13)17-10(33)9(32)6(40-17)2-38-42(37,43)41-12-5(1-31)39-18(11(12)34)30-4-24-8-14(30)26-20(22)28-16(8)36/h3-6,9-12,17-18,31-34H,1-2H2,(H,37,43)(H3,21,25,27,35)(H3,22,26,28,36)/t5-,6-,9-,10-,11?,12?,17-,18-,42?/m1/s1. The van der Waals surface area contributed by atoms with Crippen LogP contribution in [0.1, 0.15) is 12.5 Å². The average molecular weight is 645 g/mol. The van der Waals surface area contributed by atoms with E-state index < -0.39 is 80.1 Å². The lowest BCUT2D eigenvalue weighted by Gasteiger charge is -2.26. The Morgan fingerprint density at radius 1 is 0.907 bits per heavy atom. The lowest BCUT2D eigenvalue weighted by atomic mass is 10.1. The zero-order chi connectivity index (χ0) is 30.8. The van der Waals surface area contributed by atoms with Crippen LogP contribution in [0.3, 0.4) is 0 Å². The summed E-state index contributed by atoms with van der Waals surface area (Å²) in [6, 6.07) is 0. The molecule has 23 heteroatoms. The quantitative estimate of drug-likeness (QED) is 0.0823. The molecule has 2 aliphatic rings. The summed E-state index contributed by atoms with van der Waals surface area (Å²) in [6.07, 6.45) is -8.79. The van der Waals surface area contributed by atoms with Gasteiger partial charge >= 0.3 is 6.72 Å². The molecule has 0 spiro atoms. The maximum absolute atomic E-state index is 12.1. The van der Waals surface area contributed by atoms with E-state index in [9.17, 15) is 34.9 Å². The summed E-state index contributed by atoms with van der Waals surface area (Å²) in [4.78, 5) is 55.5. The molecule has 2 fully saturated rings. The van der Waals surface area contributed by atoms with E-state index in [1.54, 1.807) is 0 Å². The Bertz CT molecular complexity index is 1850. The Labute approximate surface area is 242 Å². The molecular formula is C20H25N10O11PS. The van der Waals surface area contributed by atoms with Gasteiger partial charge in [-0.05, 0) is 11.8 Å². The van der Waals surface area contributed by atoms with Crippen LogP contribution in [-0.4, -0.2) is 114 Å². The summed E-state index contributed by atoms with van der Waals surface area (Å²) in [5.41, 5.74) is 9.78. The highest BCUT2D eigenvalue weighted by Gasteiger charge is 2.49. The number of aromatic nitrogens is 8. The lowest BCUT2D eigenvalue weighted by Crippen LogP contribution is -2.36. The summed E-state index contributed by atoms with van der Waals surface area (Å²) in [5.74, 6) is -0.418. The number of aromatic amines is 2. The number of hydrogen-bond acceptors (Lipinski definition) is 17. The van der Waals surface area contributed by atoms with Gasteiger partial charge in [0, 0.05) is 0 Å². The molecule has 6 rings (SSSR count). The average Bonchev–Trinajstić information content (AvgIpc) is 3.69. The predicted octanol–water partition coefficient (Wildman–Crippen LogP) is -4.09. The van der Waals surface area contributed by atoms with Crippen molar-refractivity contribution in [1.82, 2.24) is 39.0 Å². The second-order valence-corrected chi connectivity index (χ2v) is 12.5. The van der Waals surface area contributed by atoms with Crippen LogP contribution in [0.15, 0.2) is 22.2 Å². The van der Waals surface area contributed by atoms with Crippen molar-refractivity contribution in [1.29, 1.82) is 0 Å². The lowest BCUT2D eigenvalue weighted by molar-refractivity contribution is -0.0549. The molecule has 43 heavy (non-hydrogen) atoms. The highest BCUT2D eigenvalue weighted by Crippen LogP contribution is 2.49. The minimum atomic E-state index is -4.23. The van der Waals surface area contributed by atoms with Gasteiger partial charge in [0.1, 0.15) is 36.6 Å². The Kier molecular flexibility index (Phi) is 7.55. The summed E-state index contributed by atoms with van der Waals surface area (Å²) < 4.78 is 24.7. The molecule has 3 unspecified atom stereocenters. The van der Waals surface area contributed by atoms with E-state index in [1.807, 2.05) is 0 Å². The molecule has 0 amide bonds. The zero-order valence-corrected chi connectivity index (χ0v) is 23.3. The molecule has 0 radical (unpaired) electrons. The van der Waals surface area contributed by atoms with Gasteiger partial charge in [-0.25, -0.2) is 9.97 Å². The van der Waals surface area contributed by atoms with Gasteiger partial charge in [-0.3, -0.25) is 33.2 Å². The van der Waals surface area contributed by atoms with Gasteiger partial charge in [0.15, 0.2) is 34.8 Å². The molecule has 0 bridgehead atoms. The van der Waals surface area contributed by atoms with Crippen LogP contribution in [0, 0.1) is 0 Å². The van der Waals surface area contributed by atoms with Crippen LogP contribution in [0.4, 0.5) is 11.9 Å². The van der Waals surface area contributed by atoms with E-state index in [4.69, 9.17) is 41.8 Å². The number of ether oxygens (including phenoxy) is 2. The molecule has 9 atom stereocenters. The third kappa shape index (κ3) is 5.21. The third-order valence-electron chi connectivity index (χ3n) is 6.93. The molecule has 0 aliphatic carbocycles. The smallest absolute Gasteiger partial charge is 0.325 e. The normalized spacial score (nSPS) is 30.8. The van der Waals surface area contributed by atoms with Crippen molar-refractivity contribution in [2.24, 2.45) is 0 Å². The number of fused-ring (bicyclic) bond motifs is 2. The van der Waals surface area contributed by atoms with Crippen molar-refractivity contribution in [2.75, 3.05) is 24.7 Å². The zero-order valence-electron chi connectivity index (χ0n) is 21.6. The molecule has 2 aliphatic heterocycles. The number of aliphatic hydroxyl groups is 4. The summed E-state index contributed by atoms with van der Waals surface area (Å²) >= 11 is 5.09. The first-order chi connectivity index (χ1) is 20.4. The second kappa shape index (κ2) is 10.9. The molecular weight excluding hydrogens is 619 g/mol. The first kappa shape index (κ1) is 29.7. The molecule has 21 nitrogen and oxygen atoms in total. The van der Waals surface area contributed by atoms with Gasteiger partial charge in [0.25, 0.3) is 11.1 Å². The first-order valence-electron chi connectivity index (χ1n) is 12.4. The fraction of sp³-hybridized carbons (Fsp3) is 0.500. The highest BCUT2D eigenvalue weighted by molar-refractivity contribution is 8.07. The van der Waals surface area contributed by atoms with Gasteiger partial charge in [-0.1, -0.05) is 0 Å². The summed E-state index contributed by atoms with van der Waals surface area (Å²) in [6.45, 7) is -5.48. The number of hydrogen-bond donors (Lipinski definition) is 9. The van der Waals surface area contributed by atoms with Crippen molar-refractivity contribution in [3.05, 3.63) is 33.4 Å². The van der Waals surface area contributed by atoms with Crippen LogP contribution in [0.5, 0.6) is 0 Å². The minimum Gasteiger partial charge on any atom is -0.394 e. The number of aliphatic hydroxyl groups excluding tert-OH is 4. The van der Waals surface area contributed by atoms with Gasteiger partial charge < -0.3 is 50.8 Å². The number of imidazole rings is 2. The van der Waals surface area contributed by atoms with Gasteiger partial charge in [0.05, 0.1) is 25.9 Å². The largest absolute Gasteiger partial charge is 0.394 e. The Morgan fingerprint density at radius 2 is 1.42 bits per heavy atom. The van der Waals surface area contributed by atoms with E-state index >= 15 is 0 Å². The molecule has 0 saturated carbocycles. The van der Waals surface area contributed by atoms with E-state index in [0.29, 0.717) is 0 Å². The number of nitrogens with zero attached hydrogens (tertiary/aromatic N) is 6. The molecule has 0 aromatic carbocycles. The number of anilines is 2. The maximum atomic E-state index is 12.1. The molecule has 232 valence electrons. The van der Waals surface area contributed by atoms with Crippen LogP contribution < -0.4 is 22.6 Å². The Hall–Kier alpha value is -3.41.